The molecule has 1 aromatic heterocycles. The lowest BCUT2D eigenvalue weighted by atomic mass is 10.3. The Balaban J connectivity index is 2.93. The molecule has 2 rings (SSSR count). The van der Waals surface area contributed by atoms with E-state index in [1.807, 2.05) is 0 Å². The summed E-state index contributed by atoms with van der Waals surface area (Å²) in [6.07, 6.45) is 0. The van der Waals surface area contributed by atoms with E-state index in [1.54, 1.807) is 12.1 Å². The van der Waals surface area contributed by atoms with Gasteiger partial charge in [0, 0.05) is 5.39 Å². The third kappa shape index (κ3) is 1.14. The van der Waals surface area contributed by atoms with E-state index >= 15 is 0 Å². The summed E-state index contributed by atoms with van der Waals surface area (Å²) in [6, 6.07) is 3.37. The first-order valence-corrected chi connectivity index (χ1v) is 5.03. The Morgan fingerprint density at radius 2 is 2.25 bits per heavy atom. The van der Waals surface area contributed by atoms with Crippen LogP contribution in [0.4, 0.5) is 4.39 Å². The lowest BCUT2D eigenvalue weighted by molar-refractivity contribution is 0.635. The highest BCUT2D eigenvalue weighted by Gasteiger charge is 2.10. The molecule has 5 heteroatoms. The lowest BCUT2D eigenvalue weighted by Gasteiger charge is -1.93. The lowest BCUT2D eigenvalue weighted by Crippen LogP contribution is -1.75. The highest BCUT2D eigenvalue weighted by molar-refractivity contribution is 9.10. The van der Waals surface area contributed by atoms with Gasteiger partial charge in [0.25, 0.3) is 0 Å². The van der Waals surface area contributed by atoms with Gasteiger partial charge in [-0.15, -0.1) is 0 Å². The molecule has 1 nitrogen and oxygen atoms in total. The summed E-state index contributed by atoms with van der Waals surface area (Å²) in [4.78, 5) is 0. The summed E-state index contributed by atoms with van der Waals surface area (Å²) in [6.45, 7) is 0. The third-order valence-corrected chi connectivity index (χ3v) is 3.35. The van der Waals surface area contributed by atoms with Gasteiger partial charge in [-0.25, -0.2) is 4.39 Å². The monoisotopic (exact) mass is 265 g/mol. The maximum absolute atomic E-state index is 13.3. The Morgan fingerprint density at radius 3 is 3.00 bits per heavy atom. The Hall–Kier alpha value is -0.190. The molecule has 0 bridgehead atoms. The van der Waals surface area contributed by atoms with Crippen molar-refractivity contribution < 1.29 is 4.39 Å². The first kappa shape index (κ1) is 8.41. The predicted molar refractivity (Wildman–Crippen MR) is 52.3 cm³/mol. The maximum atomic E-state index is 13.3. The minimum absolute atomic E-state index is 0.295. The molecule has 0 unspecified atom stereocenters. The molecule has 0 radical (unpaired) electrons. The predicted octanol–water partition coefficient (Wildman–Crippen LogP) is 3.85. The number of hydrogen-bond donors (Lipinski definition) is 0. The molecule has 0 N–H and O–H groups in total. The van der Waals surface area contributed by atoms with E-state index in [4.69, 9.17) is 11.6 Å². The Labute approximate surface area is 85.5 Å². The molecule has 1 aromatic carbocycles. The van der Waals surface area contributed by atoms with Gasteiger partial charge in [-0.05, 0) is 39.6 Å². The third-order valence-electron chi connectivity index (χ3n) is 1.49. The van der Waals surface area contributed by atoms with Crippen LogP contribution in [-0.2, 0) is 0 Å². The fraction of sp³-hybridized carbons (Fsp3) is 0. The van der Waals surface area contributed by atoms with Crippen molar-refractivity contribution in [2.24, 2.45) is 0 Å². The highest BCUT2D eigenvalue weighted by atomic mass is 79.9. The topological polar surface area (TPSA) is 12.9 Å². The van der Waals surface area contributed by atoms with Crippen LogP contribution in [0.25, 0.3) is 10.1 Å². The minimum atomic E-state index is -0.295. The Kier molecular flexibility index (Phi) is 2.06. The van der Waals surface area contributed by atoms with Crippen molar-refractivity contribution in [3.8, 4) is 0 Å². The van der Waals surface area contributed by atoms with Gasteiger partial charge in [-0.2, -0.15) is 4.37 Å². The first-order chi connectivity index (χ1) is 5.70. The van der Waals surface area contributed by atoms with Gasteiger partial charge >= 0.3 is 0 Å². The Morgan fingerprint density at radius 1 is 1.50 bits per heavy atom. The van der Waals surface area contributed by atoms with Crippen LogP contribution in [0.15, 0.2) is 16.6 Å². The molecule has 0 fully saturated rings. The van der Waals surface area contributed by atoms with Gasteiger partial charge in [-0.1, -0.05) is 11.6 Å². The second kappa shape index (κ2) is 2.94. The molecule has 0 amide bonds. The fourth-order valence-electron chi connectivity index (χ4n) is 0.919. The van der Waals surface area contributed by atoms with Gasteiger partial charge in [0.2, 0.25) is 0 Å². The summed E-state index contributed by atoms with van der Waals surface area (Å²) in [5.41, 5.74) is 0. The number of rotatable bonds is 0. The number of nitrogens with zero attached hydrogens (tertiary/aromatic N) is 1. The summed E-state index contributed by atoms with van der Waals surface area (Å²) in [7, 11) is 0. The molecule has 1 heterocycles. The molecule has 0 saturated carbocycles. The van der Waals surface area contributed by atoms with Crippen LogP contribution in [0, 0.1) is 5.82 Å². The largest absolute Gasteiger partial charge is 0.204 e. The zero-order valence-electron chi connectivity index (χ0n) is 5.64. The van der Waals surface area contributed by atoms with E-state index in [0.29, 0.717) is 19.7 Å². The maximum Gasteiger partial charge on any atom is 0.156 e. The van der Waals surface area contributed by atoms with Crippen molar-refractivity contribution in [2.45, 2.75) is 0 Å². The van der Waals surface area contributed by atoms with E-state index in [1.165, 1.54) is 0 Å². The van der Waals surface area contributed by atoms with Crippen molar-refractivity contribution in [1.82, 2.24) is 4.37 Å². The molecule has 0 saturated heterocycles. The standard InChI is InChI=1S/C7H2BrClFNS/c8-4-2-1-3-6(5(4)10)12-11-7(3)9/h1-2H. The molecule has 0 aliphatic carbocycles. The smallest absolute Gasteiger partial charge is 0.156 e. The van der Waals surface area contributed by atoms with Gasteiger partial charge < -0.3 is 0 Å². The normalized spacial score (nSPS) is 10.9. The van der Waals surface area contributed by atoms with Crippen LogP contribution in [0.2, 0.25) is 5.15 Å². The van der Waals surface area contributed by atoms with E-state index in [-0.39, 0.29) is 5.82 Å². The van der Waals surface area contributed by atoms with Gasteiger partial charge in [-0.3, -0.25) is 0 Å². The molecule has 12 heavy (non-hydrogen) atoms. The first-order valence-electron chi connectivity index (χ1n) is 3.09. The summed E-state index contributed by atoms with van der Waals surface area (Å²) < 4.78 is 18.1. The minimum Gasteiger partial charge on any atom is -0.204 e. The SMILES string of the molecule is Fc1c(Br)ccc2c(Cl)nsc12. The average molecular weight is 267 g/mol. The zero-order chi connectivity index (χ0) is 8.72. The van der Waals surface area contributed by atoms with Crippen molar-refractivity contribution in [3.63, 3.8) is 0 Å². The molecule has 0 aliphatic rings. The summed E-state index contributed by atoms with van der Waals surface area (Å²) >= 11 is 9.87. The van der Waals surface area contributed by atoms with E-state index in [9.17, 15) is 4.39 Å². The van der Waals surface area contributed by atoms with Crippen LogP contribution < -0.4 is 0 Å². The molecule has 0 atom stereocenters. The Bertz CT molecular complexity index is 442. The van der Waals surface area contributed by atoms with E-state index in [2.05, 4.69) is 20.3 Å². The van der Waals surface area contributed by atoms with Crippen molar-refractivity contribution in [3.05, 3.63) is 27.6 Å². The number of aromatic nitrogens is 1. The van der Waals surface area contributed by atoms with Crippen molar-refractivity contribution >= 4 is 49.1 Å². The van der Waals surface area contributed by atoms with Crippen molar-refractivity contribution in [1.29, 1.82) is 0 Å². The number of fused-ring (bicyclic) bond motifs is 1. The van der Waals surface area contributed by atoms with Crippen LogP contribution in [0.5, 0.6) is 0 Å². The van der Waals surface area contributed by atoms with E-state index < -0.39 is 0 Å². The average Bonchev–Trinajstić information content (AvgIpc) is 2.41. The van der Waals surface area contributed by atoms with Gasteiger partial charge in [0.15, 0.2) is 11.0 Å². The zero-order valence-corrected chi connectivity index (χ0v) is 8.80. The summed E-state index contributed by atoms with van der Waals surface area (Å²) in [5, 5.41) is 1.03. The second-order valence-corrected chi connectivity index (χ2v) is 4.20. The number of hydrogen-bond acceptors (Lipinski definition) is 2. The van der Waals surface area contributed by atoms with E-state index in [0.717, 1.165) is 11.5 Å². The van der Waals surface area contributed by atoms with Crippen LogP contribution in [0.1, 0.15) is 0 Å². The molecule has 0 spiro atoms. The van der Waals surface area contributed by atoms with Crippen molar-refractivity contribution in [2.75, 3.05) is 0 Å². The number of halogens is 3. The van der Waals surface area contributed by atoms with Crippen LogP contribution in [0.3, 0.4) is 0 Å². The molecular formula is C7H2BrClFNS. The number of benzene rings is 1. The van der Waals surface area contributed by atoms with Gasteiger partial charge in [0.1, 0.15) is 0 Å². The molecule has 0 aliphatic heterocycles. The second-order valence-electron chi connectivity index (χ2n) is 2.21. The summed E-state index contributed by atoms with van der Waals surface area (Å²) in [5.74, 6) is -0.295. The molecule has 2 aromatic rings. The highest BCUT2D eigenvalue weighted by Crippen LogP contribution is 2.32. The van der Waals surface area contributed by atoms with Crippen LogP contribution in [-0.4, -0.2) is 4.37 Å². The fourth-order valence-corrected chi connectivity index (χ4v) is 2.42. The van der Waals surface area contributed by atoms with Gasteiger partial charge in [0.05, 0.1) is 9.17 Å². The molecule has 62 valence electrons. The quantitative estimate of drug-likeness (QED) is 0.706. The molecular weight excluding hydrogens is 265 g/mol. The van der Waals surface area contributed by atoms with Crippen LogP contribution >= 0.6 is 39.1 Å².